The Labute approximate surface area is 115 Å². The first kappa shape index (κ1) is 14.9. The smallest absolute Gasteiger partial charge is 0.283 e. The number of hydrogen-bond donors (Lipinski definition) is 2. The maximum atomic E-state index is 11.9. The second-order valence-corrected chi connectivity index (χ2v) is 5.42. The van der Waals surface area contributed by atoms with Gasteiger partial charge in [0, 0.05) is 12.1 Å². The highest BCUT2D eigenvalue weighted by molar-refractivity contribution is 9.10. The Morgan fingerprint density at radius 2 is 2.33 bits per heavy atom. The number of rotatable bonds is 6. The predicted octanol–water partition coefficient (Wildman–Crippen LogP) is 1.76. The van der Waals surface area contributed by atoms with Crippen molar-refractivity contribution in [3.05, 3.63) is 33.7 Å². The number of nitrogens with zero attached hydrogens (tertiary/aromatic N) is 2. The van der Waals surface area contributed by atoms with Gasteiger partial charge in [0.1, 0.15) is 4.47 Å². The van der Waals surface area contributed by atoms with Gasteiger partial charge in [-0.05, 0) is 36.2 Å². The highest BCUT2D eigenvalue weighted by Crippen LogP contribution is 2.22. The molecule has 0 amide bonds. The van der Waals surface area contributed by atoms with Gasteiger partial charge in [-0.2, -0.15) is 5.10 Å². The largest absolute Gasteiger partial charge is 0.396 e. The second-order valence-electron chi connectivity index (χ2n) is 4.63. The second kappa shape index (κ2) is 6.15. The zero-order valence-electron chi connectivity index (χ0n) is 10.6. The summed E-state index contributed by atoms with van der Waals surface area (Å²) in [6, 6.07) is 0. The number of aliphatic hydroxyl groups is 1. The summed E-state index contributed by atoms with van der Waals surface area (Å²) < 4.78 is 1.76. The van der Waals surface area contributed by atoms with E-state index in [0.29, 0.717) is 23.1 Å². The fourth-order valence-electron chi connectivity index (χ4n) is 1.51. The third-order valence-corrected chi connectivity index (χ3v) is 3.26. The molecule has 0 aliphatic carbocycles. The zero-order chi connectivity index (χ0) is 13.8. The summed E-state index contributed by atoms with van der Waals surface area (Å²) in [5, 5.41) is 16.2. The van der Waals surface area contributed by atoms with Gasteiger partial charge in [0.05, 0.1) is 18.4 Å². The Bertz CT molecular complexity index is 483. The Morgan fingerprint density at radius 1 is 1.67 bits per heavy atom. The molecule has 1 aromatic rings. The van der Waals surface area contributed by atoms with Crippen molar-refractivity contribution >= 4 is 21.6 Å². The van der Waals surface area contributed by atoms with Crippen LogP contribution in [-0.4, -0.2) is 27.0 Å². The molecule has 6 heteroatoms. The molecule has 18 heavy (non-hydrogen) atoms. The van der Waals surface area contributed by atoms with Gasteiger partial charge in [0.15, 0.2) is 0 Å². The van der Waals surface area contributed by atoms with E-state index in [1.807, 2.05) is 13.8 Å². The molecule has 0 saturated heterocycles. The van der Waals surface area contributed by atoms with Gasteiger partial charge >= 0.3 is 0 Å². The van der Waals surface area contributed by atoms with Crippen LogP contribution in [-0.2, 0) is 6.54 Å². The first-order valence-corrected chi connectivity index (χ1v) is 6.46. The quantitative estimate of drug-likeness (QED) is 0.785. The van der Waals surface area contributed by atoms with E-state index in [4.69, 9.17) is 5.11 Å². The topological polar surface area (TPSA) is 67.2 Å². The van der Waals surface area contributed by atoms with Crippen molar-refractivity contribution < 1.29 is 5.11 Å². The molecule has 1 aromatic heterocycles. The fraction of sp³-hybridized carbons (Fsp3) is 0.500. The molecule has 0 spiro atoms. The van der Waals surface area contributed by atoms with E-state index in [0.717, 1.165) is 0 Å². The molecule has 0 aliphatic rings. The lowest BCUT2D eigenvalue weighted by atomic mass is 10.0. The summed E-state index contributed by atoms with van der Waals surface area (Å²) in [5.41, 5.74) is 0.106. The molecule has 1 heterocycles. The lowest BCUT2D eigenvalue weighted by molar-refractivity contribution is 0.261. The average Bonchev–Trinajstić information content (AvgIpc) is 2.29. The molecule has 2 N–H and O–H groups in total. The van der Waals surface area contributed by atoms with Crippen molar-refractivity contribution in [2.75, 3.05) is 11.9 Å². The van der Waals surface area contributed by atoms with Crippen molar-refractivity contribution in [1.82, 2.24) is 9.78 Å². The number of aromatic nitrogens is 2. The van der Waals surface area contributed by atoms with Crippen LogP contribution in [0.5, 0.6) is 0 Å². The predicted molar refractivity (Wildman–Crippen MR) is 75.8 cm³/mol. The highest BCUT2D eigenvalue weighted by Gasteiger charge is 2.19. The molecule has 1 rings (SSSR count). The van der Waals surface area contributed by atoms with Gasteiger partial charge in [-0.25, -0.2) is 4.68 Å². The summed E-state index contributed by atoms with van der Waals surface area (Å²) in [5.74, 6) is 0. The molecule has 0 fully saturated rings. The number of halogens is 1. The van der Waals surface area contributed by atoms with Gasteiger partial charge < -0.3 is 10.4 Å². The summed E-state index contributed by atoms with van der Waals surface area (Å²) in [4.78, 5) is 11.9. The SMILES string of the molecule is C=CCn1ncc(NC(C)(C)CCO)c(Br)c1=O. The standard InChI is InChI=1S/C12H18BrN3O2/c1-4-6-16-11(18)10(13)9(8-14-16)15-12(2,3)5-7-17/h4,8,15,17H,1,5-7H2,2-3H3. The minimum atomic E-state index is -0.310. The van der Waals surface area contributed by atoms with Crippen LogP contribution in [0.3, 0.4) is 0 Å². The highest BCUT2D eigenvalue weighted by atomic mass is 79.9. The first-order chi connectivity index (χ1) is 8.41. The number of anilines is 1. The molecule has 0 unspecified atom stereocenters. The van der Waals surface area contributed by atoms with Crippen molar-refractivity contribution in [1.29, 1.82) is 0 Å². The minimum absolute atomic E-state index is 0.0819. The molecule has 0 atom stereocenters. The molecular formula is C12H18BrN3O2. The van der Waals surface area contributed by atoms with E-state index in [-0.39, 0.29) is 17.7 Å². The molecule has 0 saturated carbocycles. The molecule has 0 aromatic carbocycles. The zero-order valence-corrected chi connectivity index (χ0v) is 12.2. The average molecular weight is 316 g/mol. The van der Waals surface area contributed by atoms with Crippen LogP contribution in [0.25, 0.3) is 0 Å². The van der Waals surface area contributed by atoms with Crippen LogP contribution in [0.15, 0.2) is 28.1 Å². The molecule has 0 aliphatic heterocycles. The van der Waals surface area contributed by atoms with Crippen molar-refractivity contribution in [3.8, 4) is 0 Å². The summed E-state index contributed by atoms with van der Waals surface area (Å²) in [6.07, 6.45) is 3.78. The number of hydrogen-bond acceptors (Lipinski definition) is 4. The Kier molecular flexibility index (Phi) is 5.10. The van der Waals surface area contributed by atoms with Crippen molar-refractivity contribution in [2.45, 2.75) is 32.4 Å². The molecule has 0 radical (unpaired) electrons. The normalized spacial score (nSPS) is 11.3. The Balaban J connectivity index is 3.02. The van der Waals surface area contributed by atoms with Crippen LogP contribution in [0, 0.1) is 0 Å². The van der Waals surface area contributed by atoms with Crippen LogP contribution in [0.1, 0.15) is 20.3 Å². The Morgan fingerprint density at radius 3 is 2.89 bits per heavy atom. The lowest BCUT2D eigenvalue weighted by Gasteiger charge is -2.27. The van der Waals surface area contributed by atoms with Gasteiger partial charge in [-0.1, -0.05) is 6.08 Å². The van der Waals surface area contributed by atoms with E-state index in [9.17, 15) is 4.79 Å². The first-order valence-electron chi connectivity index (χ1n) is 5.67. The van der Waals surface area contributed by atoms with E-state index < -0.39 is 0 Å². The Hall–Kier alpha value is -1.14. The number of aliphatic hydroxyl groups excluding tert-OH is 1. The lowest BCUT2D eigenvalue weighted by Crippen LogP contribution is -2.34. The maximum Gasteiger partial charge on any atom is 0.283 e. The fourth-order valence-corrected chi connectivity index (χ4v) is 1.92. The summed E-state index contributed by atoms with van der Waals surface area (Å²) >= 11 is 3.27. The van der Waals surface area contributed by atoms with Crippen LogP contribution in [0.2, 0.25) is 0 Å². The van der Waals surface area contributed by atoms with Crippen LogP contribution >= 0.6 is 15.9 Å². The van der Waals surface area contributed by atoms with Gasteiger partial charge in [-0.3, -0.25) is 4.79 Å². The molecule has 100 valence electrons. The molecule has 5 nitrogen and oxygen atoms in total. The van der Waals surface area contributed by atoms with E-state index >= 15 is 0 Å². The number of allylic oxidation sites excluding steroid dienone is 1. The van der Waals surface area contributed by atoms with E-state index in [1.165, 1.54) is 4.68 Å². The van der Waals surface area contributed by atoms with Gasteiger partial charge in [0.2, 0.25) is 0 Å². The number of nitrogens with one attached hydrogen (secondary N) is 1. The van der Waals surface area contributed by atoms with Gasteiger partial charge in [0.25, 0.3) is 5.56 Å². The molecule has 0 bridgehead atoms. The van der Waals surface area contributed by atoms with E-state index in [2.05, 4.69) is 32.9 Å². The third-order valence-electron chi connectivity index (χ3n) is 2.50. The summed E-state index contributed by atoms with van der Waals surface area (Å²) in [7, 11) is 0. The van der Waals surface area contributed by atoms with Gasteiger partial charge in [-0.15, -0.1) is 6.58 Å². The molecular weight excluding hydrogens is 298 g/mol. The van der Waals surface area contributed by atoms with Crippen molar-refractivity contribution in [2.24, 2.45) is 0 Å². The maximum absolute atomic E-state index is 11.9. The van der Waals surface area contributed by atoms with Crippen LogP contribution in [0.4, 0.5) is 5.69 Å². The monoisotopic (exact) mass is 315 g/mol. The van der Waals surface area contributed by atoms with Crippen molar-refractivity contribution in [3.63, 3.8) is 0 Å². The summed E-state index contributed by atoms with van der Waals surface area (Å²) in [6.45, 7) is 7.93. The minimum Gasteiger partial charge on any atom is -0.396 e. The van der Waals surface area contributed by atoms with E-state index in [1.54, 1.807) is 12.3 Å². The third kappa shape index (κ3) is 3.68. The van der Waals surface area contributed by atoms with Crippen LogP contribution < -0.4 is 10.9 Å².